The van der Waals surface area contributed by atoms with Crippen LogP contribution in [-0.2, 0) is 6.42 Å². The van der Waals surface area contributed by atoms with Crippen LogP contribution in [0.25, 0.3) is 0 Å². The van der Waals surface area contributed by atoms with Crippen molar-refractivity contribution < 1.29 is 4.74 Å². The van der Waals surface area contributed by atoms with E-state index in [1.54, 1.807) is 0 Å². The first-order valence-electron chi connectivity index (χ1n) is 3.59. The molecule has 0 N–H and O–H groups in total. The summed E-state index contributed by atoms with van der Waals surface area (Å²) in [6, 6.07) is 6.21. The largest absolute Gasteiger partial charge is 0.493 e. The first-order valence-corrected chi connectivity index (χ1v) is 3.59. The van der Waals surface area contributed by atoms with Crippen molar-refractivity contribution in [3.8, 4) is 5.75 Å². The van der Waals surface area contributed by atoms with Crippen LogP contribution in [0, 0.1) is 6.92 Å². The van der Waals surface area contributed by atoms with Gasteiger partial charge in [0.2, 0.25) is 0 Å². The lowest BCUT2D eigenvalue weighted by molar-refractivity contribution is 0.357. The number of rotatable bonds is 0. The minimum absolute atomic E-state index is 0.861. The highest BCUT2D eigenvalue weighted by Gasteiger charge is 2.12. The molecule has 1 nitrogen and oxygen atoms in total. The van der Waals surface area contributed by atoms with Gasteiger partial charge >= 0.3 is 0 Å². The molecule has 0 saturated carbocycles. The number of hydrogen-bond donors (Lipinski definition) is 0. The molecule has 1 heterocycles. The van der Waals surface area contributed by atoms with Gasteiger partial charge in [-0.05, 0) is 18.6 Å². The van der Waals surface area contributed by atoms with Crippen molar-refractivity contribution in [2.45, 2.75) is 13.3 Å². The van der Waals surface area contributed by atoms with Crippen LogP contribution in [-0.4, -0.2) is 6.61 Å². The summed E-state index contributed by atoms with van der Waals surface area (Å²) in [6.45, 7) is 2.99. The van der Waals surface area contributed by atoms with Gasteiger partial charge < -0.3 is 4.74 Å². The van der Waals surface area contributed by atoms with Gasteiger partial charge in [0.15, 0.2) is 0 Å². The topological polar surface area (TPSA) is 9.23 Å². The van der Waals surface area contributed by atoms with Gasteiger partial charge in [-0.2, -0.15) is 0 Å². The Labute approximate surface area is 60.6 Å². The molecule has 0 spiro atoms. The van der Waals surface area contributed by atoms with E-state index in [4.69, 9.17) is 4.74 Å². The molecule has 1 aliphatic heterocycles. The molecule has 1 aromatic rings. The maximum absolute atomic E-state index is 5.38. The van der Waals surface area contributed by atoms with Gasteiger partial charge in [-0.25, -0.2) is 0 Å². The summed E-state index contributed by atoms with van der Waals surface area (Å²) in [4.78, 5) is 0. The van der Waals surface area contributed by atoms with Crippen LogP contribution >= 0.6 is 0 Å². The molecule has 52 valence electrons. The Bertz CT molecular complexity index is 253. The molecule has 0 unspecified atom stereocenters. The normalized spacial score (nSPS) is 14.5. The van der Waals surface area contributed by atoms with Crippen molar-refractivity contribution in [3.05, 3.63) is 29.3 Å². The molecule has 0 aliphatic carbocycles. The Kier molecular flexibility index (Phi) is 1.16. The van der Waals surface area contributed by atoms with Crippen molar-refractivity contribution >= 4 is 0 Å². The van der Waals surface area contributed by atoms with Gasteiger partial charge in [-0.15, -0.1) is 0 Å². The molecule has 0 fully saturated rings. The van der Waals surface area contributed by atoms with Crippen molar-refractivity contribution in [2.24, 2.45) is 0 Å². The fourth-order valence-electron chi connectivity index (χ4n) is 1.39. The van der Waals surface area contributed by atoms with E-state index in [0.717, 1.165) is 18.8 Å². The van der Waals surface area contributed by atoms with E-state index in [2.05, 4.69) is 13.0 Å². The van der Waals surface area contributed by atoms with Crippen LogP contribution in [0.4, 0.5) is 0 Å². The zero-order valence-corrected chi connectivity index (χ0v) is 6.05. The Morgan fingerprint density at radius 2 is 2.30 bits per heavy atom. The smallest absolute Gasteiger partial charge is 0.122 e. The van der Waals surface area contributed by atoms with E-state index >= 15 is 0 Å². The van der Waals surface area contributed by atoms with Gasteiger partial charge in [0.25, 0.3) is 0 Å². The lowest BCUT2D eigenvalue weighted by Crippen LogP contribution is -1.86. The zero-order chi connectivity index (χ0) is 6.97. The Balaban J connectivity index is 2.59. The number of fused-ring (bicyclic) bond motifs is 1. The molecule has 2 rings (SSSR count). The fraction of sp³-hybridized carbons (Fsp3) is 0.333. The third-order valence-corrected chi connectivity index (χ3v) is 1.98. The first-order chi connectivity index (χ1) is 4.88. The average Bonchev–Trinajstić information content (AvgIpc) is 2.36. The second-order valence-electron chi connectivity index (χ2n) is 2.65. The number of hydrogen-bond acceptors (Lipinski definition) is 1. The SMILES string of the molecule is Cc1cccc2c1CCO2. The minimum Gasteiger partial charge on any atom is -0.493 e. The summed E-state index contributed by atoms with van der Waals surface area (Å²) in [5.74, 6) is 1.08. The molecular formula is C9H10O. The Morgan fingerprint density at radius 3 is 3.10 bits per heavy atom. The lowest BCUT2D eigenvalue weighted by atomic mass is 10.1. The molecule has 0 amide bonds. The third kappa shape index (κ3) is 0.703. The van der Waals surface area contributed by atoms with Gasteiger partial charge in [-0.1, -0.05) is 12.1 Å². The van der Waals surface area contributed by atoms with Gasteiger partial charge in [0, 0.05) is 12.0 Å². The van der Waals surface area contributed by atoms with E-state index in [0.29, 0.717) is 0 Å². The maximum atomic E-state index is 5.38. The van der Waals surface area contributed by atoms with Crippen molar-refractivity contribution in [1.82, 2.24) is 0 Å². The van der Waals surface area contributed by atoms with Gasteiger partial charge in [0.1, 0.15) is 5.75 Å². The van der Waals surface area contributed by atoms with Crippen LogP contribution in [0.15, 0.2) is 18.2 Å². The van der Waals surface area contributed by atoms with E-state index < -0.39 is 0 Å². The van der Waals surface area contributed by atoms with Crippen LogP contribution < -0.4 is 4.74 Å². The molecule has 0 saturated heterocycles. The van der Waals surface area contributed by atoms with E-state index in [9.17, 15) is 0 Å². The van der Waals surface area contributed by atoms with Crippen LogP contribution in [0.3, 0.4) is 0 Å². The lowest BCUT2D eigenvalue weighted by Gasteiger charge is -1.99. The standard InChI is InChI=1S/C9H10O/c1-7-3-2-4-9-8(7)5-6-10-9/h2-4H,5-6H2,1H3. The van der Waals surface area contributed by atoms with Crippen LogP contribution in [0.2, 0.25) is 0 Å². The number of ether oxygens (including phenoxy) is 1. The monoisotopic (exact) mass is 134 g/mol. The summed E-state index contributed by atoms with van der Waals surface area (Å²) in [7, 11) is 0. The molecule has 0 radical (unpaired) electrons. The highest BCUT2D eigenvalue weighted by Crippen LogP contribution is 2.26. The van der Waals surface area contributed by atoms with E-state index in [-0.39, 0.29) is 0 Å². The third-order valence-electron chi connectivity index (χ3n) is 1.98. The van der Waals surface area contributed by atoms with Crippen molar-refractivity contribution in [2.75, 3.05) is 6.61 Å². The first kappa shape index (κ1) is 5.78. The van der Waals surface area contributed by atoms with Gasteiger partial charge in [-0.3, -0.25) is 0 Å². The van der Waals surface area contributed by atoms with Crippen LogP contribution in [0.1, 0.15) is 11.1 Å². The molecule has 1 aliphatic rings. The molecule has 1 aromatic carbocycles. The quantitative estimate of drug-likeness (QED) is 0.526. The summed E-state index contributed by atoms with van der Waals surface area (Å²) in [5.41, 5.74) is 2.75. The summed E-state index contributed by atoms with van der Waals surface area (Å²) in [5, 5.41) is 0. The summed E-state index contributed by atoms with van der Waals surface area (Å²) in [6.07, 6.45) is 1.09. The Morgan fingerprint density at radius 1 is 1.40 bits per heavy atom. The fourth-order valence-corrected chi connectivity index (χ4v) is 1.39. The van der Waals surface area contributed by atoms with Crippen LogP contribution in [0.5, 0.6) is 5.75 Å². The second-order valence-corrected chi connectivity index (χ2v) is 2.65. The average molecular weight is 134 g/mol. The molecule has 1 heteroatoms. The highest BCUT2D eigenvalue weighted by atomic mass is 16.5. The summed E-state index contributed by atoms with van der Waals surface area (Å²) >= 11 is 0. The maximum Gasteiger partial charge on any atom is 0.122 e. The summed E-state index contributed by atoms with van der Waals surface area (Å²) < 4.78 is 5.38. The minimum atomic E-state index is 0.861. The predicted octanol–water partition coefficient (Wildman–Crippen LogP) is 1.93. The van der Waals surface area contributed by atoms with Crippen molar-refractivity contribution in [3.63, 3.8) is 0 Å². The number of aryl methyl sites for hydroxylation is 1. The predicted molar refractivity (Wildman–Crippen MR) is 40.4 cm³/mol. The highest BCUT2D eigenvalue weighted by molar-refractivity contribution is 5.41. The molecule has 0 aromatic heterocycles. The molecule has 10 heavy (non-hydrogen) atoms. The number of benzene rings is 1. The molecule has 0 bridgehead atoms. The molecular weight excluding hydrogens is 124 g/mol. The van der Waals surface area contributed by atoms with Crippen molar-refractivity contribution in [1.29, 1.82) is 0 Å². The van der Waals surface area contributed by atoms with E-state index in [1.165, 1.54) is 11.1 Å². The zero-order valence-electron chi connectivity index (χ0n) is 6.05. The Hall–Kier alpha value is -0.980. The van der Waals surface area contributed by atoms with E-state index in [1.807, 2.05) is 12.1 Å². The van der Waals surface area contributed by atoms with Gasteiger partial charge in [0.05, 0.1) is 6.61 Å². The second kappa shape index (κ2) is 2.01. The molecule has 0 atom stereocenters.